The standard InChI is InChI=1S/C22H17ClF3N5O3S/c1-12-6-8-13(9-7-12)18-15(14-4-2-3-5-16(14)23)10-28-19-17(20(32)29-11-22(24,25)26)21(30-31(18)19)35(27,33)34/h2-10H,11H2,1H3,(H,29,32)(H2,27,33,34). The summed E-state index contributed by atoms with van der Waals surface area (Å²) in [6, 6.07) is 13.9. The zero-order valence-corrected chi connectivity index (χ0v) is 19.5. The van der Waals surface area contributed by atoms with Crippen LogP contribution in [0.2, 0.25) is 5.02 Å². The number of sulfonamides is 1. The third kappa shape index (κ3) is 4.99. The summed E-state index contributed by atoms with van der Waals surface area (Å²) in [6.07, 6.45) is -3.38. The molecular formula is C22H17ClF3N5O3S. The van der Waals surface area contributed by atoms with Crippen LogP contribution in [0.25, 0.3) is 28.0 Å². The molecule has 4 rings (SSSR count). The molecule has 0 radical (unpaired) electrons. The van der Waals surface area contributed by atoms with Gasteiger partial charge in [0.1, 0.15) is 12.1 Å². The van der Waals surface area contributed by atoms with Gasteiger partial charge in [0.2, 0.25) is 5.03 Å². The number of carbonyl (C=O) groups excluding carboxylic acids is 1. The van der Waals surface area contributed by atoms with E-state index in [1.54, 1.807) is 53.8 Å². The second kappa shape index (κ2) is 8.95. The predicted octanol–water partition coefficient (Wildman–Crippen LogP) is 3.96. The summed E-state index contributed by atoms with van der Waals surface area (Å²) in [5, 5.41) is 10.4. The van der Waals surface area contributed by atoms with E-state index in [0.29, 0.717) is 27.4 Å². The number of aromatic nitrogens is 3. The number of nitrogens with zero attached hydrogens (tertiary/aromatic N) is 3. The van der Waals surface area contributed by atoms with E-state index < -0.39 is 39.2 Å². The van der Waals surface area contributed by atoms with Gasteiger partial charge in [-0.05, 0) is 13.0 Å². The zero-order chi connectivity index (χ0) is 25.5. The second-order valence-corrected chi connectivity index (χ2v) is 9.51. The number of hydrogen-bond donors (Lipinski definition) is 2. The molecule has 0 saturated heterocycles. The quantitative estimate of drug-likeness (QED) is 0.410. The number of alkyl halides is 3. The maximum atomic E-state index is 12.7. The van der Waals surface area contributed by atoms with E-state index in [2.05, 4.69) is 10.1 Å². The van der Waals surface area contributed by atoms with Crippen molar-refractivity contribution in [2.45, 2.75) is 18.1 Å². The van der Waals surface area contributed by atoms with Crippen molar-refractivity contribution in [3.8, 4) is 22.4 Å². The minimum atomic E-state index is -4.72. The Labute approximate surface area is 202 Å². The molecular weight excluding hydrogens is 507 g/mol. The fourth-order valence-corrected chi connectivity index (χ4v) is 4.40. The van der Waals surface area contributed by atoms with Gasteiger partial charge < -0.3 is 5.32 Å². The fourth-order valence-electron chi connectivity index (χ4n) is 3.50. The molecule has 8 nitrogen and oxygen atoms in total. The number of amides is 1. The SMILES string of the molecule is Cc1ccc(-c2c(-c3ccccc3Cl)cnc3c(C(=O)NCC(F)(F)F)c(S(N)(=O)=O)nn23)cc1. The van der Waals surface area contributed by atoms with E-state index in [9.17, 15) is 26.4 Å². The van der Waals surface area contributed by atoms with Gasteiger partial charge in [-0.2, -0.15) is 18.3 Å². The van der Waals surface area contributed by atoms with E-state index in [1.165, 1.54) is 6.20 Å². The van der Waals surface area contributed by atoms with Crippen LogP contribution in [0.1, 0.15) is 15.9 Å². The van der Waals surface area contributed by atoms with E-state index in [1.807, 2.05) is 6.92 Å². The summed E-state index contributed by atoms with van der Waals surface area (Å²) in [7, 11) is -4.63. The van der Waals surface area contributed by atoms with Crippen molar-refractivity contribution in [2.75, 3.05) is 6.54 Å². The number of aryl methyl sites for hydroxylation is 1. The third-order valence-electron chi connectivity index (χ3n) is 5.05. The summed E-state index contributed by atoms with van der Waals surface area (Å²) >= 11 is 6.39. The molecule has 182 valence electrons. The molecule has 13 heteroatoms. The minimum absolute atomic E-state index is 0.292. The number of halogens is 4. The van der Waals surface area contributed by atoms with Gasteiger partial charge in [-0.15, -0.1) is 0 Å². The molecule has 2 aromatic carbocycles. The first-order valence-electron chi connectivity index (χ1n) is 9.98. The largest absolute Gasteiger partial charge is 0.405 e. The van der Waals surface area contributed by atoms with E-state index in [0.717, 1.165) is 10.1 Å². The monoisotopic (exact) mass is 523 g/mol. The van der Waals surface area contributed by atoms with Crippen LogP contribution >= 0.6 is 11.6 Å². The number of nitrogens with one attached hydrogen (secondary N) is 1. The smallest absolute Gasteiger partial charge is 0.343 e. The molecule has 35 heavy (non-hydrogen) atoms. The Morgan fingerprint density at radius 2 is 1.77 bits per heavy atom. The van der Waals surface area contributed by atoms with Gasteiger partial charge in [-0.25, -0.2) is 23.1 Å². The summed E-state index contributed by atoms with van der Waals surface area (Å²) in [6.45, 7) is 0.187. The summed E-state index contributed by atoms with van der Waals surface area (Å²) in [5.74, 6) is -1.34. The molecule has 1 amide bonds. The molecule has 3 N–H and O–H groups in total. The van der Waals surface area contributed by atoms with Crippen LogP contribution in [0.5, 0.6) is 0 Å². The van der Waals surface area contributed by atoms with Crippen molar-refractivity contribution in [1.82, 2.24) is 19.9 Å². The van der Waals surface area contributed by atoms with Crippen LogP contribution in [-0.2, 0) is 10.0 Å². The number of primary sulfonamides is 1. The van der Waals surface area contributed by atoms with Gasteiger partial charge in [0, 0.05) is 27.9 Å². The van der Waals surface area contributed by atoms with Gasteiger partial charge in [0.25, 0.3) is 15.9 Å². The topological polar surface area (TPSA) is 119 Å². The highest BCUT2D eigenvalue weighted by Crippen LogP contribution is 2.37. The van der Waals surface area contributed by atoms with E-state index in [4.69, 9.17) is 16.7 Å². The lowest BCUT2D eigenvalue weighted by Gasteiger charge is -2.13. The van der Waals surface area contributed by atoms with Gasteiger partial charge in [0.15, 0.2) is 5.65 Å². The van der Waals surface area contributed by atoms with Crippen molar-refractivity contribution in [2.24, 2.45) is 5.14 Å². The summed E-state index contributed by atoms with van der Waals surface area (Å²) in [4.78, 5) is 16.9. The summed E-state index contributed by atoms with van der Waals surface area (Å²) < 4.78 is 63.7. The van der Waals surface area contributed by atoms with Crippen molar-refractivity contribution < 1.29 is 26.4 Å². The van der Waals surface area contributed by atoms with Crippen molar-refractivity contribution in [1.29, 1.82) is 0 Å². The van der Waals surface area contributed by atoms with E-state index >= 15 is 0 Å². The van der Waals surface area contributed by atoms with Crippen molar-refractivity contribution in [3.05, 3.63) is 70.9 Å². The molecule has 2 aromatic heterocycles. The van der Waals surface area contributed by atoms with Crippen LogP contribution in [-0.4, -0.2) is 41.6 Å². The number of benzene rings is 2. The Morgan fingerprint density at radius 1 is 1.11 bits per heavy atom. The molecule has 0 spiro atoms. The molecule has 0 atom stereocenters. The Bertz CT molecular complexity index is 1550. The lowest BCUT2D eigenvalue weighted by molar-refractivity contribution is -0.123. The Balaban J connectivity index is 2.07. The number of carbonyl (C=O) groups is 1. The molecule has 0 bridgehead atoms. The molecule has 0 aliphatic rings. The molecule has 0 unspecified atom stereocenters. The Morgan fingerprint density at radius 3 is 2.37 bits per heavy atom. The number of fused-ring (bicyclic) bond motifs is 1. The van der Waals surface area contributed by atoms with Crippen molar-refractivity contribution >= 4 is 33.2 Å². The Kier molecular flexibility index (Phi) is 6.30. The molecule has 0 fully saturated rings. The average molecular weight is 524 g/mol. The third-order valence-corrected chi connectivity index (χ3v) is 6.20. The zero-order valence-electron chi connectivity index (χ0n) is 18.0. The first kappa shape index (κ1) is 24.6. The maximum absolute atomic E-state index is 12.7. The first-order valence-corrected chi connectivity index (χ1v) is 11.9. The van der Waals surface area contributed by atoms with E-state index in [-0.39, 0.29) is 5.65 Å². The predicted molar refractivity (Wildman–Crippen MR) is 123 cm³/mol. The number of hydrogen-bond acceptors (Lipinski definition) is 5. The highest BCUT2D eigenvalue weighted by molar-refractivity contribution is 7.89. The highest BCUT2D eigenvalue weighted by atomic mass is 35.5. The molecule has 0 aliphatic heterocycles. The van der Waals surface area contributed by atoms with Crippen LogP contribution in [0.3, 0.4) is 0 Å². The molecule has 0 saturated carbocycles. The molecule has 0 aliphatic carbocycles. The Hall–Kier alpha value is -3.48. The second-order valence-electron chi connectivity index (χ2n) is 7.62. The fraction of sp³-hybridized carbons (Fsp3) is 0.136. The van der Waals surface area contributed by atoms with Gasteiger partial charge >= 0.3 is 6.18 Å². The lowest BCUT2D eigenvalue weighted by Crippen LogP contribution is -2.34. The number of nitrogens with two attached hydrogens (primary N) is 1. The maximum Gasteiger partial charge on any atom is 0.405 e. The van der Waals surface area contributed by atoms with Crippen molar-refractivity contribution in [3.63, 3.8) is 0 Å². The molecule has 4 aromatic rings. The lowest BCUT2D eigenvalue weighted by atomic mass is 10.00. The van der Waals surface area contributed by atoms with Crippen LogP contribution < -0.4 is 10.5 Å². The first-order chi connectivity index (χ1) is 16.4. The van der Waals surface area contributed by atoms with Crippen LogP contribution in [0, 0.1) is 6.92 Å². The van der Waals surface area contributed by atoms with Gasteiger partial charge in [-0.1, -0.05) is 59.6 Å². The highest BCUT2D eigenvalue weighted by Gasteiger charge is 2.33. The van der Waals surface area contributed by atoms with Gasteiger partial charge in [0.05, 0.1) is 5.69 Å². The van der Waals surface area contributed by atoms with Gasteiger partial charge in [-0.3, -0.25) is 4.79 Å². The molecule has 2 heterocycles. The van der Waals surface area contributed by atoms with Crippen LogP contribution in [0.4, 0.5) is 13.2 Å². The average Bonchev–Trinajstić information content (AvgIpc) is 3.18. The summed E-state index contributed by atoms with van der Waals surface area (Å²) in [5.41, 5.74) is 1.80. The number of rotatable bonds is 5. The van der Waals surface area contributed by atoms with Crippen LogP contribution in [0.15, 0.2) is 59.8 Å². The minimum Gasteiger partial charge on any atom is -0.343 e. The normalized spacial score (nSPS) is 12.2.